The van der Waals surface area contributed by atoms with Crippen LogP contribution < -0.4 is 32.6 Å². The van der Waals surface area contributed by atoms with Crippen molar-refractivity contribution < 1.29 is 51.8 Å². The van der Waals surface area contributed by atoms with E-state index in [1.165, 1.54) is 11.5 Å². The van der Waals surface area contributed by atoms with Crippen molar-refractivity contribution in [3.8, 4) is 11.4 Å². The molecular formula is C41H50BrF2N7O10. The zero-order valence-electron chi connectivity index (χ0n) is 34.7. The second-order valence-corrected chi connectivity index (χ2v) is 17.1. The molecule has 17 nitrogen and oxygen atoms in total. The molecule has 2 aliphatic heterocycles. The van der Waals surface area contributed by atoms with Crippen LogP contribution in [0.3, 0.4) is 0 Å². The van der Waals surface area contributed by atoms with Gasteiger partial charge in [0.25, 0.3) is 11.5 Å². The van der Waals surface area contributed by atoms with Crippen molar-refractivity contribution in [2.75, 3.05) is 13.1 Å². The van der Waals surface area contributed by atoms with Gasteiger partial charge in [0.1, 0.15) is 24.3 Å². The quantitative estimate of drug-likeness (QED) is 0.0600. The number of urea groups is 1. The number of pyridine rings is 2. The number of rotatable bonds is 16. The Balaban J connectivity index is 1.27. The Labute approximate surface area is 358 Å². The van der Waals surface area contributed by atoms with Gasteiger partial charge >= 0.3 is 24.1 Å². The maximum absolute atomic E-state index is 15.4. The van der Waals surface area contributed by atoms with Crippen molar-refractivity contribution in [1.29, 1.82) is 0 Å². The number of hydrogen-bond donors (Lipinski definition) is 5. The molecule has 330 valence electrons. The summed E-state index contributed by atoms with van der Waals surface area (Å²) in [6.07, 6.45) is -3.09. The van der Waals surface area contributed by atoms with Crippen molar-refractivity contribution in [2.45, 2.75) is 116 Å². The number of nitrogens with two attached hydrogens (primary N) is 1. The molecule has 4 heterocycles. The first-order valence-corrected chi connectivity index (χ1v) is 20.6. The van der Waals surface area contributed by atoms with E-state index >= 15 is 8.78 Å². The lowest BCUT2D eigenvalue weighted by Crippen LogP contribution is -2.56. The first-order chi connectivity index (χ1) is 28.6. The van der Waals surface area contributed by atoms with Gasteiger partial charge in [0.15, 0.2) is 0 Å². The van der Waals surface area contributed by atoms with E-state index in [4.69, 9.17) is 24.9 Å². The highest BCUT2D eigenvalue weighted by atomic mass is 79.9. The predicted octanol–water partition coefficient (Wildman–Crippen LogP) is 4.41. The first-order valence-electron chi connectivity index (χ1n) is 19.8. The van der Waals surface area contributed by atoms with Crippen LogP contribution in [-0.2, 0) is 52.1 Å². The molecule has 0 spiro atoms. The number of nitrogens with zero attached hydrogens (tertiary/aromatic N) is 2. The molecule has 5 rings (SSSR count). The van der Waals surface area contributed by atoms with Crippen LogP contribution in [0.1, 0.15) is 90.3 Å². The normalized spacial score (nSPS) is 16.7. The summed E-state index contributed by atoms with van der Waals surface area (Å²) >= 11 is 3.53. The molecule has 1 aromatic carbocycles. The van der Waals surface area contributed by atoms with Gasteiger partial charge in [-0.15, -0.1) is 0 Å². The predicted molar refractivity (Wildman–Crippen MR) is 220 cm³/mol. The number of cyclic esters (lactones) is 1. The molecule has 5 amide bonds. The summed E-state index contributed by atoms with van der Waals surface area (Å²) in [4.78, 5) is 95.6. The summed E-state index contributed by atoms with van der Waals surface area (Å²) in [7, 11) is 0. The largest absolute Gasteiger partial charge is 0.457 e. The summed E-state index contributed by atoms with van der Waals surface area (Å²) in [6.45, 7) is 8.28. The standard InChI is InChI=1S/C41H50BrF2N7O10/c1-7-41(25-17-29-32-22(16-23-26(42)10-8-11-27(23)48-32)18-51(29)35(55)24(25)19-59-36(41)56)60-30(52)13-14-40(43,44)20-47-33(53)28(12-9-15-46-37(45)57)49-34(54)31(21(2)3)50-38(58)61-39(4,5)6/h8,10-11,16-17,21,28,31H,7,9,12-15,18-20H2,1-6H3,(H,47,53)(H,49,54)(H,50,58)(H3,45,46,57). The number of carbonyl (C=O) groups is 6. The molecule has 0 fully saturated rings. The fourth-order valence-electron chi connectivity index (χ4n) is 7.10. The van der Waals surface area contributed by atoms with Gasteiger partial charge < -0.3 is 45.8 Å². The maximum Gasteiger partial charge on any atom is 0.408 e. The van der Waals surface area contributed by atoms with Crippen LogP contribution in [0.15, 0.2) is 39.6 Å². The molecular weight excluding hydrogens is 868 g/mol. The number of aromatic nitrogens is 2. The molecule has 0 radical (unpaired) electrons. The number of benzene rings is 1. The highest BCUT2D eigenvalue weighted by molar-refractivity contribution is 9.10. The van der Waals surface area contributed by atoms with Crippen LogP contribution in [-0.4, -0.2) is 82.1 Å². The smallest absolute Gasteiger partial charge is 0.408 e. The summed E-state index contributed by atoms with van der Waals surface area (Å²) in [5, 5.41) is 10.2. The number of alkyl halides is 2. The lowest BCUT2D eigenvalue weighted by molar-refractivity contribution is -0.190. The fourth-order valence-corrected chi connectivity index (χ4v) is 7.57. The zero-order chi connectivity index (χ0) is 45.0. The Hall–Kier alpha value is -5.66. The molecule has 3 unspecified atom stereocenters. The number of alkyl carbamates (subject to hydrolysis) is 1. The zero-order valence-corrected chi connectivity index (χ0v) is 36.3. The van der Waals surface area contributed by atoms with Gasteiger partial charge in [-0.1, -0.05) is 42.8 Å². The van der Waals surface area contributed by atoms with Crippen molar-refractivity contribution in [3.05, 3.63) is 61.8 Å². The Kier molecular flexibility index (Phi) is 14.1. The van der Waals surface area contributed by atoms with Gasteiger partial charge in [0, 0.05) is 34.0 Å². The lowest BCUT2D eigenvalue weighted by atomic mass is 9.85. The number of halogens is 3. The van der Waals surface area contributed by atoms with E-state index in [-0.39, 0.29) is 50.1 Å². The molecule has 61 heavy (non-hydrogen) atoms. The molecule has 0 aliphatic carbocycles. The Morgan fingerprint density at radius 2 is 1.79 bits per heavy atom. The Morgan fingerprint density at radius 1 is 1.07 bits per heavy atom. The van der Waals surface area contributed by atoms with Crippen LogP contribution in [0, 0.1) is 5.92 Å². The van der Waals surface area contributed by atoms with E-state index in [0.717, 1.165) is 15.4 Å². The van der Waals surface area contributed by atoms with Crippen molar-refractivity contribution in [3.63, 3.8) is 0 Å². The maximum atomic E-state index is 15.4. The highest BCUT2D eigenvalue weighted by Gasteiger charge is 2.50. The van der Waals surface area contributed by atoms with Crippen LogP contribution in [0.25, 0.3) is 22.3 Å². The second-order valence-electron chi connectivity index (χ2n) is 16.3. The molecule has 3 aromatic rings. The van der Waals surface area contributed by atoms with E-state index in [0.29, 0.717) is 16.9 Å². The van der Waals surface area contributed by atoms with Gasteiger partial charge in [0.05, 0.1) is 42.0 Å². The highest BCUT2D eigenvalue weighted by Crippen LogP contribution is 2.41. The fraction of sp³-hybridized carbons (Fsp3) is 0.512. The van der Waals surface area contributed by atoms with E-state index in [2.05, 4.69) is 37.2 Å². The number of nitrogens with one attached hydrogen (secondary N) is 4. The summed E-state index contributed by atoms with van der Waals surface area (Å²) in [6, 6.07) is 5.60. The number of primary amides is 1. The van der Waals surface area contributed by atoms with Crippen LogP contribution in [0.2, 0.25) is 0 Å². The molecule has 0 bridgehead atoms. The van der Waals surface area contributed by atoms with Crippen LogP contribution >= 0.6 is 15.9 Å². The summed E-state index contributed by atoms with van der Waals surface area (Å²) in [5.41, 5.74) is 4.11. The third-order valence-corrected chi connectivity index (χ3v) is 10.9. The van der Waals surface area contributed by atoms with E-state index in [1.54, 1.807) is 40.7 Å². The monoisotopic (exact) mass is 917 g/mol. The number of ether oxygens (including phenoxy) is 3. The minimum absolute atomic E-state index is 0.00521. The minimum atomic E-state index is -3.69. The number of fused-ring (bicyclic) bond motifs is 5. The third kappa shape index (κ3) is 10.8. The SMILES string of the molecule is CCC1(OC(=O)CCC(F)(F)CNC(=O)C(CCCNC(N)=O)NC(=O)C(NC(=O)OC(C)(C)C)C(C)C)C(=O)OCc2c1cc1n(c2=O)Cc2cc3c(Br)cccc3nc2-1. The topological polar surface area (TPSA) is 239 Å². The Morgan fingerprint density at radius 3 is 2.44 bits per heavy atom. The van der Waals surface area contributed by atoms with E-state index < -0.39 is 95.9 Å². The number of carbonyl (C=O) groups excluding carboxylic acids is 6. The molecule has 2 aliphatic rings. The molecule has 3 atom stereocenters. The molecule has 2 aromatic heterocycles. The molecule has 6 N–H and O–H groups in total. The van der Waals surface area contributed by atoms with Crippen molar-refractivity contribution >= 4 is 62.7 Å². The van der Waals surface area contributed by atoms with Crippen molar-refractivity contribution in [1.82, 2.24) is 30.8 Å². The van der Waals surface area contributed by atoms with Gasteiger partial charge in [-0.2, -0.15) is 0 Å². The number of amides is 5. The lowest BCUT2D eigenvalue weighted by Gasteiger charge is -2.35. The van der Waals surface area contributed by atoms with Gasteiger partial charge in [-0.05, 0) is 70.2 Å². The Bertz CT molecular complexity index is 2300. The van der Waals surface area contributed by atoms with Gasteiger partial charge in [-0.25, -0.2) is 28.1 Å². The van der Waals surface area contributed by atoms with Crippen molar-refractivity contribution in [2.24, 2.45) is 11.7 Å². The average molecular weight is 919 g/mol. The number of hydrogen-bond acceptors (Lipinski definition) is 11. The molecule has 0 saturated heterocycles. The number of esters is 2. The first kappa shape index (κ1) is 46.4. The second kappa shape index (κ2) is 18.5. The van der Waals surface area contributed by atoms with E-state index in [1.807, 2.05) is 24.3 Å². The van der Waals surface area contributed by atoms with Crippen LogP contribution in [0.5, 0.6) is 0 Å². The molecule has 0 saturated carbocycles. The summed E-state index contributed by atoms with van der Waals surface area (Å²) < 4.78 is 49.3. The van der Waals surface area contributed by atoms with Crippen LogP contribution in [0.4, 0.5) is 18.4 Å². The summed E-state index contributed by atoms with van der Waals surface area (Å²) in [5.74, 6) is -8.11. The van der Waals surface area contributed by atoms with Gasteiger partial charge in [-0.3, -0.25) is 19.2 Å². The average Bonchev–Trinajstić information content (AvgIpc) is 3.54. The third-order valence-electron chi connectivity index (χ3n) is 10.2. The van der Waals surface area contributed by atoms with E-state index in [9.17, 15) is 33.6 Å². The van der Waals surface area contributed by atoms with Gasteiger partial charge in [0.2, 0.25) is 17.4 Å². The molecule has 20 heteroatoms. The minimum Gasteiger partial charge on any atom is -0.457 e.